The van der Waals surface area contributed by atoms with E-state index in [4.69, 9.17) is 19.2 Å². The molecule has 2 aliphatic heterocycles. The molecule has 0 aromatic heterocycles. The summed E-state index contributed by atoms with van der Waals surface area (Å²) in [6.45, 7) is 6.03. The second-order valence-electron chi connectivity index (χ2n) is 7.93. The standard InChI is InChI=1S/C24H30FN3O3.HI/c1-2-26-23(28-20-8-9-21-22(16-20)31-13-3-12-30-21)27-17-24(10-14-29-15-11-24)18-4-6-19(25)7-5-18;/h4-9,16H,2-3,10-15,17H2,1H3,(H2,26,27,28);1H. The molecule has 1 saturated heterocycles. The number of anilines is 1. The number of guanidine groups is 1. The summed E-state index contributed by atoms with van der Waals surface area (Å²) in [6.07, 6.45) is 2.58. The summed E-state index contributed by atoms with van der Waals surface area (Å²) in [5.41, 5.74) is 1.82. The Morgan fingerprint density at radius 2 is 1.72 bits per heavy atom. The van der Waals surface area contributed by atoms with E-state index in [0.717, 1.165) is 48.6 Å². The molecule has 0 radical (unpaired) electrons. The molecule has 2 N–H and O–H groups in total. The molecule has 2 heterocycles. The SMILES string of the molecule is CCNC(=NCC1(c2ccc(F)cc2)CCOCC1)Nc1ccc2c(c1)OCCCO2.I. The third-order valence-electron chi connectivity index (χ3n) is 5.80. The molecule has 2 aromatic rings. The summed E-state index contributed by atoms with van der Waals surface area (Å²) >= 11 is 0. The van der Waals surface area contributed by atoms with Crippen LogP contribution in [0.15, 0.2) is 47.5 Å². The van der Waals surface area contributed by atoms with Gasteiger partial charge in [-0.05, 0) is 49.6 Å². The van der Waals surface area contributed by atoms with Crippen molar-refractivity contribution in [2.45, 2.75) is 31.6 Å². The van der Waals surface area contributed by atoms with Crippen molar-refractivity contribution in [1.82, 2.24) is 5.32 Å². The minimum Gasteiger partial charge on any atom is -0.490 e. The van der Waals surface area contributed by atoms with E-state index >= 15 is 0 Å². The van der Waals surface area contributed by atoms with Crippen molar-refractivity contribution in [1.29, 1.82) is 0 Å². The van der Waals surface area contributed by atoms with Crippen LogP contribution < -0.4 is 20.1 Å². The molecule has 2 aliphatic rings. The van der Waals surface area contributed by atoms with E-state index in [1.54, 1.807) is 0 Å². The monoisotopic (exact) mass is 555 g/mol. The first kappa shape index (κ1) is 24.6. The zero-order valence-corrected chi connectivity index (χ0v) is 20.7. The van der Waals surface area contributed by atoms with E-state index in [-0.39, 0.29) is 35.2 Å². The summed E-state index contributed by atoms with van der Waals surface area (Å²) in [5, 5.41) is 6.70. The number of hydrogen-bond donors (Lipinski definition) is 2. The number of aliphatic imine (C=N–C) groups is 1. The van der Waals surface area contributed by atoms with Gasteiger partial charge in [-0.1, -0.05) is 12.1 Å². The number of nitrogens with one attached hydrogen (secondary N) is 2. The van der Waals surface area contributed by atoms with Gasteiger partial charge in [0.25, 0.3) is 0 Å². The normalized spacial score (nSPS) is 17.6. The van der Waals surface area contributed by atoms with Gasteiger partial charge >= 0.3 is 0 Å². The first-order chi connectivity index (χ1) is 15.2. The van der Waals surface area contributed by atoms with E-state index in [1.807, 2.05) is 37.3 Å². The first-order valence-electron chi connectivity index (χ1n) is 11.0. The fourth-order valence-corrected chi connectivity index (χ4v) is 4.02. The number of nitrogens with zero attached hydrogens (tertiary/aromatic N) is 1. The van der Waals surface area contributed by atoms with Crippen LogP contribution in [-0.2, 0) is 10.2 Å². The van der Waals surface area contributed by atoms with Crippen molar-refractivity contribution in [3.63, 3.8) is 0 Å². The number of ether oxygens (including phenoxy) is 3. The lowest BCUT2D eigenvalue weighted by atomic mass is 9.74. The maximum Gasteiger partial charge on any atom is 0.195 e. The summed E-state index contributed by atoms with van der Waals surface area (Å²) in [6, 6.07) is 12.6. The lowest BCUT2D eigenvalue weighted by Gasteiger charge is -2.36. The zero-order chi connectivity index (χ0) is 21.5. The van der Waals surface area contributed by atoms with E-state index in [9.17, 15) is 4.39 Å². The predicted molar refractivity (Wildman–Crippen MR) is 135 cm³/mol. The predicted octanol–water partition coefficient (Wildman–Crippen LogP) is 4.73. The summed E-state index contributed by atoms with van der Waals surface area (Å²) in [7, 11) is 0. The molecule has 0 bridgehead atoms. The van der Waals surface area contributed by atoms with Crippen molar-refractivity contribution in [3.8, 4) is 11.5 Å². The number of rotatable bonds is 5. The number of hydrogen-bond acceptors (Lipinski definition) is 4. The van der Waals surface area contributed by atoms with Gasteiger partial charge in [0.05, 0.1) is 19.8 Å². The van der Waals surface area contributed by atoms with Crippen molar-refractivity contribution in [3.05, 3.63) is 53.8 Å². The molecule has 2 aromatic carbocycles. The van der Waals surface area contributed by atoms with Gasteiger partial charge in [0.2, 0.25) is 0 Å². The Hall–Kier alpha value is -2.07. The van der Waals surface area contributed by atoms with Gasteiger partial charge in [-0.25, -0.2) is 4.39 Å². The minimum absolute atomic E-state index is 0. The number of halogens is 2. The smallest absolute Gasteiger partial charge is 0.195 e. The van der Waals surface area contributed by atoms with Crippen LogP contribution in [0.4, 0.5) is 10.1 Å². The van der Waals surface area contributed by atoms with Crippen molar-refractivity contribution in [2.24, 2.45) is 4.99 Å². The van der Waals surface area contributed by atoms with Crippen molar-refractivity contribution < 1.29 is 18.6 Å². The molecule has 6 nitrogen and oxygen atoms in total. The van der Waals surface area contributed by atoms with Gasteiger partial charge in [-0.2, -0.15) is 0 Å². The zero-order valence-electron chi connectivity index (χ0n) is 18.4. The Labute approximate surface area is 206 Å². The topological polar surface area (TPSA) is 64.1 Å². The summed E-state index contributed by atoms with van der Waals surface area (Å²) in [5.74, 6) is 1.98. The first-order valence-corrected chi connectivity index (χ1v) is 11.0. The Kier molecular flexibility index (Phi) is 8.98. The molecule has 0 unspecified atom stereocenters. The molecule has 0 aliphatic carbocycles. The van der Waals surface area contributed by atoms with Crippen LogP contribution in [0, 0.1) is 5.82 Å². The van der Waals surface area contributed by atoms with Gasteiger partial charge < -0.3 is 24.8 Å². The van der Waals surface area contributed by atoms with E-state index in [2.05, 4.69) is 10.6 Å². The largest absolute Gasteiger partial charge is 0.490 e. The van der Waals surface area contributed by atoms with Crippen LogP contribution in [-0.4, -0.2) is 45.5 Å². The Bertz CT molecular complexity index is 902. The fraction of sp³-hybridized carbons (Fsp3) is 0.458. The van der Waals surface area contributed by atoms with Gasteiger partial charge in [0.15, 0.2) is 17.5 Å². The molecule has 32 heavy (non-hydrogen) atoms. The maximum absolute atomic E-state index is 13.5. The van der Waals surface area contributed by atoms with Crippen LogP contribution in [0.2, 0.25) is 0 Å². The van der Waals surface area contributed by atoms with Crippen LogP contribution in [0.25, 0.3) is 0 Å². The highest BCUT2D eigenvalue weighted by Gasteiger charge is 2.34. The van der Waals surface area contributed by atoms with Gasteiger partial charge in [-0.15, -0.1) is 24.0 Å². The molecule has 174 valence electrons. The van der Waals surface area contributed by atoms with Gasteiger partial charge in [-0.3, -0.25) is 4.99 Å². The Balaban J connectivity index is 0.00000289. The second kappa shape index (κ2) is 11.7. The molecular formula is C24H31FIN3O3. The van der Waals surface area contributed by atoms with Crippen LogP contribution in [0.3, 0.4) is 0 Å². The number of benzene rings is 2. The highest BCUT2D eigenvalue weighted by Crippen LogP contribution is 2.36. The van der Waals surface area contributed by atoms with Crippen molar-refractivity contribution >= 4 is 35.6 Å². The van der Waals surface area contributed by atoms with E-state index < -0.39 is 0 Å². The Morgan fingerprint density at radius 1 is 1.00 bits per heavy atom. The quantitative estimate of drug-likeness (QED) is 0.318. The third-order valence-corrected chi connectivity index (χ3v) is 5.80. The summed E-state index contributed by atoms with van der Waals surface area (Å²) in [4.78, 5) is 4.91. The number of fused-ring (bicyclic) bond motifs is 1. The second-order valence-corrected chi connectivity index (χ2v) is 7.93. The average molecular weight is 555 g/mol. The van der Waals surface area contributed by atoms with E-state index in [1.165, 1.54) is 12.1 Å². The lowest BCUT2D eigenvalue weighted by Crippen LogP contribution is -2.39. The molecule has 4 rings (SSSR count). The molecule has 0 atom stereocenters. The molecule has 0 saturated carbocycles. The van der Waals surface area contributed by atoms with Crippen molar-refractivity contribution in [2.75, 3.05) is 44.8 Å². The highest BCUT2D eigenvalue weighted by molar-refractivity contribution is 14.0. The fourth-order valence-electron chi connectivity index (χ4n) is 4.02. The molecule has 1 fully saturated rings. The average Bonchev–Trinajstić information content (AvgIpc) is 3.04. The molecular weight excluding hydrogens is 524 g/mol. The lowest BCUT2D eigenvalue weighted by molar-refractivity contribution is 0.0531. The molecule has 0 spiro atoms. The molecule has 8 heteroatoms. The van der Waals surface area contributed by atoms with E-state index in [0.29, 0.717) is 38.9 Å². The van der Waals surface area contributed by atoms with Gasteiger partial charge in [0, 0.05) is 43.3 Å². The van der Waals surface area contributed by atoms with Crippen LogP contribution in [0.5, 0.6) is 11.5 Å². The summed E-state index contributed by atoms with van der Waals surface area (Å²) < 4.78 is 30.6. The van der Waals surface area contributed by atoms with Crippen LogP contribution >= 0.6 is 24.0 Å². The minimum atomic E-state index is -0.223. The third kappa shape index (κ3) is 6.04. The highest BCUT2D eigenvalue weighted by atomic mass is 127. The van der Waals surface area contributed by atoms with Crippen LogP contribution in [0.1, 0.15) is 31.7 Å². The van der Waals surface area contributed by atoms with Gasteiger partial charge in [0.1, 0.15) is 5.82 Å². The Morgan fingerprint density at radius 3 is 2.44 bits per heavy atom. The maximum atomic E-state index is 13.5. The molecule has 0 amide bonds.